The lowest BCUT2D eigenvalue weighted by atomic mass is 10.2. The fraction of sp³-hybridized carbons (Fsp3) is 0.571. The molecule has 3 N–H and O–H groups in total. The van der Waals surface area contributed by atoms with Crippen LogP contribution < -0.4 is 5.73 Å². The van der Waals surface area contributed by atoms with Gasteiger partial charge in [-0.25, -0.2) is 0 Å². The number of nitrogens with one attached hydrogen (secondary N) is 1. The van der Waals surface area contributed by atoms with Gasteiger partial charge in [0.1, 0.15) is 0 Å². The molecule has 0 aliphatic carbocycles. The fourth-order valence-electron chi connectivity index (χ4n) is 0.901. The Morgan fingerprint density at radius 1 is 1.64 bits per heavy atom. The van der Waals surface area contributed by atoms with Crippen molar-refractivity contribution in [2.45, 2.75) is 19.8 Å². The molecule has 3 nitrogen and oxygen atoms in total. The molecule has 1 heterocycles. The summed E-state index contributed by atoms with van der Waals surface area (Å²) in [6.07, 6.45) is 1.93. The predicted molar refractivity (Wildman–Crippen MR) is 48.4 cm³/mol. The summed E-state index contributed by atoms with van der Waals surface area (Å²) in [5.41, 5.74) is 7.54. The molecule has 0 amide bonds. The van der Waals surface area contributed by atoms with E-state index in [-0.39, 0.29) is 0 Å². The van der Waals surface area contributed by atoms with Crippen LogP contribution in [0.1, 0.15) is 17.8 Å². The van der Waals surface area contributed by atoms with Gasteiger partial charge in [-0.15, -0.1) is 0 Å². The number of aromatic nitrogens is 2. The van der Waals surface area contributed by atoms with Crippen molar-refractivity contribution in [3.05, 3.63) is 15.9 Å². The van der Waals surface area contributed by atoms with Gasteiger partial charge in [0.25, 0.3) is 0 Å². The number of rotatable bonds is 3. The highest BCUT2D eigenvalue weighted by atomic mass is 79.9. The van der Waals surface area contributed by atoms with E-state index in [1.165, 1.54) is 0 Å². The van der Waals surface area contributed by atoms with Crippen LogP contribution in [-0.4, -0.2) is 16.7 Å². The molecular formula is C7H12BrN3. The Hall–Kier alpha value is -0.350. The van der Waals surface area contributed by atoms with Crippen molar-refractivity contribution in [2.75, 3.05) is 6.54 Å². The summed E-state index contributed by atoms with van der Waals surface area (Å²) >= 11 is 3.45. The molecule has 0 atom stereocenters. The van der Waals surface area contributed by atoms with Gasteiger partial charge in [-0.05, 0) is 42.2 Å². The Bertz CT molecular complexity index is 232. The van der Waals surface area contributed by atoms with Gasteiger partial charge in [-0.3, -0.25) is 5.10 Å². The molecule has 0 saturated heterocycles. The van der Waals surface area contributed by atoms with E-state index in [1.54, 1.807) is 0 Å². The lowest BCUT2D eigenvalue weighted by molar-refractivity contribution is 0.801. The molecular weight excluding hydrogens is 206 g/mol. The fourth-order valence-corrected chi connectivity index (χ4v) is 1.28. The molecule has 0 aliphatic rings. The van der Waals surface area contributed by atoms with Crippen LogP contribution in [0.4, 0.5) is 0 Å². The third-order valence-corrected chi connectivity index (χ3v) is 2.61. The minimum absolute atomic E-state index is 0.721. The van der Waals surface area contributed by atoms with E-state index in [0.717, 1.165) is 35.2 Å². The summed E-state index contributed by atoms with van der Waals surface area (Å²) in [4.78, 5) is 0. The van der Waals surface area contributed by atoms with Gasteiger partial charge in [0.2, 0.25) is 0 Å². The van der Waals surface area contributed by atoms with E-state index in [0.29, 0.717) is 0 Å². The first-order valence-electron chi connectivity index (χ1n) is 3.65. The first-order valence-corrected chi connectivity index (χ1v) is 4.44. The Balaban J connectivity index is 2.63. The van der Waals surface area contributed by atoms with Crippen molar-refractivity contribution in [1.29, 1.82) is 0 Å². The molecule has 0 unspecified atom stereocenters. The SMILES string of the molecule is Cc1[nH]nc(CCCN)c1Br. The third-order valence-electron chi connectivity index (χ3n) is 1.56. The number of hydrogen-bond donors (Lipinski definition) is 2. The zero-order valence-electron chi connectivity index (χ0n) is 6.52. The smallest absolute Gasteiger partial charge is 0.0767 e. The van der Waals surface area contributed by atoms with E-state index in [1.807, 2.05) is 6.92 Å². The Morgan fingerprint density at radius 3 is 2.82 bits per heavy atom. The van der Waals surface area contributed by atoms with Crippen molar-refractivity contribution >= 4 is 15.9 Å². The maximum atomic E-state index is 5.38. The average molecular weight is 218 g/mol. The van der Waals surface area contributed by atoms with Gasteiger partial charge < -0.3 is 5.73 Å². The Morgan fingerprint density at radius 2 is 2.36 bits per heavy atom. The topological polar surface area (TPSA) is 54.7 Å². The number of H-pyrrole nitrogens is 1. The summed E-state index contributed by atoms with van der Waals surface area (Å²) in [5.74, 6) is 0. The second-order valence-electron chi connectivity index (χ2n) is 2.50. The second-order valence-corrected chi connectivity index (χ2v) is 3.29. The van der Waals surface area contributed by atoms with Crippen LogP contribution in [0.5, 0.6) is 0 Å². The summed E-state index contributed by atoms with van der Waals surface area (Å²) in [5, 5.41) is 7.03. The standard InChI is InChI=1S/C7H12BrN3/c1-5-7(8)6(11-10-5)3-2-4-9/h2-4,9H2,1H3,(H,10,11). The summed E-state index contributed by atoms with van der Waals surface area (Å²) in [6, 6.07) is 0. The largest absolute Gasteiger partial charge is 0.330 e. The highest BCUT2D eigenvalue weighted by Crippen LogP contribution is 2.18. The van der Waals surface area contributed by atoms with Gasteiger partial charge >= 0.3 is 0 Å². The quantitative estimate of drug-likeness (QED) is 0.804. The van der Waals surface area contributed by atoms with E-state index in [9.17, 15) is 0 Å². The molecule has 0 fully saturated rings. The molecule has 0 bridgehead atoms. The Kier molecular flexibility index (Phi) is 3.08. The molecule has 0 aliphatic heterocycles. The molecule has 1 aromatic rings. The van der Waals surface area contributed by atoms with Crippen molar-refractivity contribution in [2.24, 2.45) is 5.73 Å². The van der Waals surface area contributed by atoms with Crippen LogP contribution in [-0.2, 0) is 6.42 Å². The lowest BCUT2D eigenvalue weighted by Crippen LogP contribution is -2.00. The first kappa shape index (κ1) is 8.74. The minimum atomic E-state index is 0.721. The number of nitrogens with zero attached hydrogens (tertiary/aromatic N) is 1. The van der Waals surface area contributed by atoms with Crippen LogP contribution in [0, 0.1) is 6.92 Å². The second kappa shape index (κ2) is 3.88. The number of halogens is 1. The van der Waals surface area contributed by atoms with E-state index >= 15 is 0 Å². The maximum Gasteiger partial charge on any atom is 0.0767 e. The van der Waals surface area contributed by atoms with E-state index in [2.05, 4.69) is 26.1 Å². The zero-order chi connectivity index (χ0) is 8.27. The normalized spacial score (nSPS) is 10.5. The van der Waals surface area contributed by atoms with Gasteiger partial charge in [0.05, 0.1) is 10.2 Å². The van der Waals surface area contributed by atoms with Crippen LogP contribution in [0.15, 0.2) is 4.47 Å². The van der Waals surface area contributed by atoms with Crippen molar-refractivity contribution in [3.8, 4) is 0 Å². The van der Waals surface area contributed by atoms with Gasteiger partial charge in [-0.2, -0.15) is 5.10 Å². The van der Waals surface area contributed by atoms with E-state index < -0.39 is 0 Å². The molecule has 62 valence electrons. The van der Waals surface area contributed by atoms with Crippen molar-refractivity contribution < 1.29 is 0 Å². The lowest BCUT2D eigenvalue weighted by Gasteiger charge is -1.93. The predicted octanol–water partition coefficient (Wildman–Crippen LogP) is 1.37. The number of nitrogens with two attached hydrogens (primary N) is 1. The molecule has 0 saturated carbocycles. The Labute approximate surface area is 74.5 Å². The van der Waals surface area contributed by atoms with Crippen molar-refractivity contribution in [1.82, 2.24) is 10.2 Å². The highest BCUT2D eigenvalue weighted by Gasteiger charge is 2.05. The molecule has 0 radical (unpaired) electrons. The first-order chi connectivity index (χ1) is 5.25. The summed E-state index contributed by atoms with van der Waals surface area (Å²) in [6.45, 7) is 2.71. The highest BCUT2D eigenvalue weighted by molar-refractivity contribution is 9.10. The number of hydrogen-bond acceptors (Lipinski definition) is 2. The third kappa shape index (κ3) is 2.04. The van der Waals surface area contributed by atoms with E-state index in [4.69, 9.17) is 5.73 Å². The molecule has 0 spiro atoms. The summed E-state index contributed by atoms with van der Waals surface area (Å²) < 4.78 is 1.09. The van der Waals surface area contributed by atoms with Crippen molar-refractivity contribution in [3.63, 3.8) is 0 Å². The van der Waals surface area contributed by atoms with Gasteiger partial charge in [-0.1, -0.05) is 0 Å². The van der Waals surface area contributed by atoms with Gasteiger partial charge in [0.15, 0.2) is 0 Å². The van der Waals surface area contributed by atoms with Crippen LogP contribution in [0.25, 0.3) is 0 Å². The molecule has 11 heavy (non-hydrogen) atoms. The monoisotopic (exact) mass is 217 g/mol. The number of aryl methyl sites for hydroxylation is 2. The molecule has 0 aromatic carbocycles. The number of aromatic amines is 1. The minimum Gasteiger partial charge on any atom is -0.330 e. The molecule has 1 aromatic heterocycles. The zero-order valence-corrected chi connectivity index (χ0v) is 8.11. The van der Waals surface area contributed by atoms with Crippen LogP contribution in [0.2, 0.25) is 0 Å². The van der Waals surface area contributed by atoms with Crippen LogP contribution >= 0.6 is 15.9 Å². The molecule has 4 heteroatoms. The maximum absolute atomic E-state index is 5.38. The van der Waals surface area contributed by atoms with Crippen LogP contribution in [0.3, 0.4) is 0 Å². The molecule has 1 rings (SSSR count). The average Bonchev–Trinajstić information content (AvgIpc) is 2.31. The summed E-state index contributed by atoms with van der Waals surface area (Å²) in [7, 11) is 0. The van der Waals surface area contributed by atoms with Gasteiger partial charge in [0, 0.05) is 5.69 Å².